The monoisotopic (exact) mass is 335 g/mol. The molecule has 0 saturated heterocycles. The van der Waals surface area contributed by atoms with Gasteiger partial charge in [-0.05, 0) is 30.2 Å². The molecule has 0 fully saturated rings. The number of nitro groups is 1. The molecule has 2 unspecified atom stereocenters. The minimum Gasteiger partial charge on any atom is -0.466 e. The summed E-state index contributed by atoms with van der Waals surface area (Å²) < 4.78 is 24.5. The largest absolute Gasteiger partial charge is 0.466 e. The topological polar surface area (TPSA) is 78.7 Å². The van der Waals surface area contributed by atoms with E-state index in [1.54, 1.807) is 19.1 Å². The van der Waals surface area contributed by atoms with Gasteiger partial charge in [0.25, 0.3) is 6.04 Å². The minimum absolute atomic E-state index is 0.103. The molecule has 7 heteroatoms. The van der Waals surface area contributed by atoms with E-state index in [0.29, 0.717) is 5.57 Å². The van der Waals surface area contributed by atoms with E-state index >= 15 is 0 Å². The van der Waals surface area contributed by atoms with Crippen LogP contribution in [0.1, 0.15) is 18.9 Å². The number of halogens is 1. The second-order valence-electron chi connectivity index (χ2n) is 5.24. The van der Waals surface area contributed by atoms with Crippen molar-refractivity contribution in [3.8, 4) is 0 Å². The maximum absolute atomic E-state index is 14.1. The molecular weight excluding hydrogens is 317 g/mol. The summed E-state index contributed by atoms with van der Waals surface area (Å²) in [6, 6.07) is 7.46. The number of esters is 1. The van der Waals surface area contributed by atoms with Gasteiger partial charge in [-0.15, -0.1) is 0 Å². The first kappa shape index (κ1) is 17.8. The summed E-state index contributed by atoms with van der Waals surface area (Å²) in [7, 11) is 0. The van der Waals surface area contributed by atoms with Crippen LogP contribution in [0, 0.1) is 10.1 Å². The lowest BCUT2D eigenvalue weighted by molar-refractivity contribution is -0.525. The first-order chi connectivity index (χ1) is 11.5. The first-order valence-corrected chi connectivity index (χ1v) is 7.53. The fourth-order valence-corrected chi connectivity index (χ4v) is 2.38. The Bertz CT molecular complexity index is 656. The Morgan fingerprint density at radius 1 is 1.33 bits per heavy atom. The van der Waals surface area contributed by atoms with E-state index in [2.05, 4.69) is 0 Å². The van der Waals surface area contributed by atoms with E-state index in [9.17, 15) is 19.3 Å². The fourth-order valence-electron chi connectivity index (χ4n) is 2.38. The zero-order valence-corrected chi connectivity index (χ0v) is 13.2. The standard InChI is InChI=1S/C17H18FNO5/c1-2-23-16(20)10-13-8-14(18)17(19(21)22)15(9-13)24-11-12-6-4-3-5-7-12/h3-9,15,17H,2,10-11H2,1H3. The van der Waals surface area contributed by atoms with Crippen LogP contribution in [0.2, 0.25) is 0 Å². The normalized spacial score (nSPS) is 20.1. The SMILES string of the molecule is CCOC(=O)CC1=CC(OCc2ccccc2)C([N+](=O)[O-])C(F)=C1. The predicted molar refractivity (Wildman–Crippen MR) is 84.3 cm³/mol. The second kappa shape index (κ2) is 8.35. The van der Waals surface area contributed by atoms with Crippen LogP contribution in [0.3, 0.4) is 0 Å². The van der Waals surface area contributed by atoms with Crippen LogP contribution in [-0.4, -0.2) is 29.6 Å². The number of allylic oxidation sites excluding steroid dienone is 1. The Balaban J connectivity index is 2.13. The molecule has 0 radical (unpaired) electrons. The van der Waals surface area contributed by atoms with E-state index in [-0.39, 0.29) is 19.6 Å². The van der Waals surface area contributed by atoms with E-state index < -0.39 is 28.9 Å². The summed E-state index contributed by atoms with van der Waals surface area (Å²) in [6.45, 7) is 1.98. The number of rotatable bonds is 7. The molecule has 0 spiro atoms. The van der Waals surface area contributed by atoms with Crippen molar-refractivity contribution in [3.63, 3.8) is 0 Å². The summed E-state index contributed by atoms with van der Waals surface area (Å²) in [5.74, 6) is -1.45. The fraction of sp³-hybridized carbons (Fsp3) is 0.353. The first-order valence-electron chi connectivity index (χ1n) is 7.53. The van der Waals surface area contributed by atoms with E-state index in [1.807, 2.05) is 18.2 Å². The molecule has 2 atom stereocenters. The van der Waals surface area contributed by atoms with Crippen molar-refractivity contribution in [2.45, 2.75) is 32.1 Å². The third kappa shape index (κ3) is 4.73. The van der Waals surface area contributed by atoms with E-state index in [1.165, 1.54) is 6.08 Å². The van der Waals surface area contributed by atoms with Gasteiger partial charge in [0.15, 0.2) is 11.9 Å². The quantitative estimate of drug-likeness (QED) is 0.435. The smallest absolute Gasteiger partial charge is 0.310 e. The highest BCUT2D eigenvalue weighted by atomic mass is 19.1. The average Bonchev–Trinajstić information content (AvgIpc) is 2.53. The molecule has 0 saturated carbocycles. The predicted octanol–water partition coefficient (Wildman–Crippen LogP) is 2.96. The third-order valence-electron chi connectivity index (χ3n) is 3.46. The highest BCUT2D eigenvalue weighted by molar-refractivity contribution is 5.73. The molecule has 0 bridgehead atoms. The zero-order valence-electron chi connectivity index (χ0n) is 13.2. The van der Waals surface area contributed by atoms with Crippen LogP contribution in [0.5, 0.6) is 0 Å². The van der Waals surface area contributed by atoms with Gasteiger partial charge in [-0.25, -0.2) is 4.39 Å². The van der Waals surface area contributed by atoms with Crippen molar-refractivity contribution in [3.05, 3.63) is 69.6 Å². The van der Waals surface area contributed by atoms with Crippen molar-refractivity contribution in [1.29, 1.82) is 0 Å². The van der Waals surface area contributed by atoms with Crippen LogP contribution in [0.4, 0.5) is 4.39 Å². The number of ether oxygens (including phenoxy) is 2. The molecule has 1 aromatic rings. The van der Waals surface area contributed by atoms with Gasteiger partial charge in [0, 0.05) is 4.92 Å². The summed E-state index contributed by atoms with van der Waals surface area (Å²) in [4.78, 5) is 21.9. The van der Waals surface area contributed by atoms with Gasteiger partial charge in [-0.1, -0.05) is 30.3 Å². The van der Waals surface area contributed by atoms with Crippen molar-refractivity contribution < 1.29 is 23.6 Å². The van der Waals surface area contributed by atoms with Crippen molar-refractivity contribution in [1.82, 2.24) is 0 Å². The van der Waals surface area contributed by atoms with Crippen LogP contribution in [0.25, 0.3) is 0 Å². The van der Waals surface area contributed by atoms with E-state index in [4.69, 9.17) is 9.47 Å². The summed E-state index contributed by atoms with van der Waals surface area (Å²) in [5.41, 5.74) is 1.12. The molecule has 6 nitrogen and oxygen atoms in total. The molecule has 2 rings (SSSR count). The summed E-state index contributed by atoms with van der Waals surface area (Å²) in [6.07, 6.45) is 1.18. The number of hydrogen-bond acceptors (Lipinski definition) is 5. The summed E-state index contributed by atoms with van der Waals surface area (Å²) in [5, 5.41) is 11.1. The molecule has 0 amide bonds. The van der Waals surface area contributed by atoms with Gasteiger partial charge in [-0.2, -0.15) is 0 Å². The van der Waals surface area contributed by atoms with Crippen LogP contribution >= 0.6 is 0 Å². The lowest BCUT2D eigenvalue weighted by atomic mass is 9.97. The van der Waals surface area contributed by atoms with Crippen molar-refractivity contribution >= 4 is 5.97 Å². The van der Waals surface area contributed by atoms with Crippen molar-refractivity contribution in [2.75, 3.05) is 6.61 Å². The van der Waals surface area contributed by atoms with Crippen LogP contribution in [0.15, 0.2) is 53.9 Å². The molecule has 0 aliphatic heterocycles. The number of benzene rings is 1. The third-order valence-corrected chi connectivity index (χ3v) is 3.46. The van der Waals surface area contributed by atoms with Gasteiger partial charge in [0.1, 0.15) is 0 Å². The van der Waals surface area contributed by atoms with Gasteiger partial charge < -0.3 is 9.47 Å². The number of hydrogen-bond donors (Lipinski definition) is 0. The zero-order chi connectivity index (χ0) is 17.5. The number of nitrogens with zero attached hydrogens (tertiary/aromatic N) is 1. The Morgan fingerprint density at radius 2 is 2.04 bits per heavy atom. The molecule has 128 valence electrons. The highest BCUT2D eigenvalue weighted by Crippen LogP contribution is 2.26. The molecule has 0 N–H and O–H groups in total. The summed E-state index contributed by atoms with van der Waals surface area (Å²) >= 11 is 0. The maximum atomic E-state index is 14.1. The van der Waals surface area contributed by atoms with E-state index in [0.717, 1.165) is 11.6 Å². The number of carbonyl (C=O) groups is 1. The van der Waals surface area contributed by atoms with Gasteiger partial charge in [-0.3, -0.25) is 14.9 Å². The van der Waals surface area contributed by atoms with Crippen LogP contribution < -0.4 is 0 Å². The second-order valence-corrected chi connectivity index (χ2v) is 5.24. The molecule has 24 heavy (non-hydrogen) atoms. The molecular formula is C17H18FNO5. The molecule has 1 aromatic carbocycles. The minimum atomic E-state index is -1.61. The lowest BCUT2D eigenvalue weighted by Crippen LogP contribution is -2.37. The van der Waals surface area contributed by atoms with Crippen molar-refractivity contribution in [2.24, 2.45) is 0 Å². The molecule has 1 aliphatic rings. The Labute approximate surface area is 138 Å². The van der Waals surface area contributed by atoms with Gasteiger partial charge >= 0.3 is 5.97 Å². The maximum Gasteiger partial charge on any atom is 0.310 e. The molecule has 0 aromatic heterocycles. The molecule has 0 heterocycles. The average molecular weight is 335 g/mol. The Kier molecular flexibility index (Phi) is 6.20. The van der Waals surface area contributed by atoms with Gasteiger partial charge in [0.2, 0.25) is 0 Å². The highest BCUT2D eigenvalue weighted by Gasteiger charge is 2.38. The molecule has 1 aliphatic carbocycles. The number of carbonyl (C=O) groups excluding carboxylic acids is 1. The van der Waals surface area contributed by atoms with Crippen LogP contribution in [-0.2, 0) is 20.9 Å². The van der Waals surface area contributed by atoms with Gasteiger partial charge in [0.05, 0.1) is 19.6 Å². The Hall–Kier alpha value is -2.54. The lowest BCUT2D eigenvalue weighted by Gasteiger charge is -2.22. The Morgan fingerprint density at radius 3 is 2.67 bits per heavy atom.